The molecule has 0 rings (SSSR count). The summed E-state index contributed by atoms with van der Waals surface area (Å²) >= 11 is 0.864. The van der Waals surface area contributed by atoms with E-state index in [0.29, 0.717) is 6.54 Å². The Bertz CT molecular complexity index is 541. The number of ether oxygens (including phenoxy) is 2. The fraction of sp³-hybridized carbons (Fsp3) is 0.870. The smallest absolute Gasteiger partial charge is 0.408 e. The van der Waals surface area contributed by atoms with Crippen LogP contribution in [0.2, 0.25) is 0 Å². The minimum absolute atomic E-state index is 0.0669. The number of alkyl carbamates (subject to hydrolysis) is 1. The van der Waals surface area contributed by atoms with Gasteiger partial charge in [0.05, 0.1) is 0 Å². The zero-order valence-corrected chi connectivity index (χ0v) is 21.4. The van der Waals surface area contributed by atoms with E-state index in [1.165, 1.54) is 32.1 Å². The minimum atomic E-state index is -0.888. The van der Waals surface area contributed by atoms with E-state index in [1.54, 1.807) is 41.5 Å². The first kappa shape index (κ1) is 29.6. The average Bonchev–Trinajstić information content (AvgIpc) is 2.60. The van der Waals surface area contributed by atoms with E-state index in [4.69, 9.17) is 9.47 Å². The standard InChI is InChI=1S/C23H44N2O5S/c1-8-9-10-11-12-13-14-15-16-24-19(26)18(25-20(27)29-22(2,3)4)17-31-21(28)30-23(5,6)7/h18H,8-17H2,1-7H3,(H,24,26)(H,25,27)/t18-/m0/s1. The van der Waals surface area contributed by atoms with Gasteiger partial charge in [0.15, 0.2) is 0 Å². The topological polar surface area (TPSA) is 93.7 Å². The minimum Gasteiger partial charge on any atom is -0.452 e. The number of carbonyl (C=O) groups is 3. The third-order valence-corrected chi connectivity index (χ3v) is 4.91. The second kappa shape index (κ2) is 15.4. The van der Waals surface area contributed by atoms with Gasteiger partial charge >= 0.3 is 11.4 Å². The molecule has 31 heavy (non-hydrogen) atoms. The summed E-state index contributed by atoms with van der Waals surface area (Å²) in [5.41, 5.74) is -1.29. The Morgan fingerprint density at radius 3 is 1.84 bits per heavy atom. The van der Waals surface area contributed by atoms with E-state index < -0.39 is 28.6 Å². The molecule has 0 unspecified atom stereocenters. The van der Waals surface area contributed by atoms with Crippen LogP contribution in [-0.4, -0.2) is 46.8 Å². The molecular formula is C23H44N2O5S. The summed E-state index contributed by atoms with van der Waals surface area (Å²) in [6.45, 7) is 13.3. The van der Waals surface area contributed by atoms with Crippen molar-refractivity contribution in [3.8, 4) is 0 Å². The van der Waals surface area contributed by atoms with Crippen LogP contribution in [0.25, 0.3) is 0 Å². The zero-order chi connectivity index (χ0) is 23.9. The predicted molar refractivity (Wildman–Crippen MR) is 127 cm³/mol. The van der Waals surface area contributed by atoms with E-state index in [9.17, 15) is 14.4 Å². The lowest BCUT2D eigenvalue weighted by Gasteiger charge is -2.23. The molecular weight excluding hydrogens is 416 g/mol. The van der Waals surface area contributed by atoms with Gasteiger partial charge < -0.3 is 20.1 Å². The SMILES string of the molecule is CCCCCCCCCCNC(=O)[C@H](CSC(=O)OC(C)(C)C)NC(=O)OC(C)(C)C. The van der Waals surface area contributed by atoms with E-state index >= 15 is 0 Å². The highest BCUT2D eigenvalue weighted by Gasteiger charge is 2.26. The Balaban J connectivity index is 4.50. The molecule has 0 saturated heterocycles. The summed E-state index contributed by atoms with van der Waals surface area (Å²) < 4.78 is 10.5. The van der Waals surface area contributed by atoms with Crippen LogP contribution in [0.5, 0.6) is 0 Å². The third kappa shape index (κ3) is 19.0. The summed E-state index contributed by atoms with van der Waals surface area (Å²) in [4.78, 5) is 36.7. The quantitative estimate of drug-likeness (QED) is 0.266. The molecule has 0 aromatic rings. The molecule has 0 aliphatic rings. The summed E-state index contributed by atoms with van der Waals surface area (Å²) in [7, 11) is 0. The lowest BCUT2D eigenvalue weighted by atomic mass is 10.1. The number of hydrogen-bond acceptors (Lipinski definition) is 6. The number of carbonyl (C=O) groups excluding carboxylic acids is 3. The lowest BCUT2D eigenvalue weighted by Crippen LogP contribution is -2.50. The Morgan fingerprint density at radius 1 is 0.806 bits per heavy atom. The maximum absolute atomic E-state index is 12.6. The Morgan fingerprint density at radius 2 is 1.32 bits per heavy atom. The summed E-state index contributed by atoms with van der Waals surface area (Å²) in [5.74, 6) is -0.262. The maximum Gasteiger partial charge on any atom is 0.408 e. The van der Waals surface area contributed by atoms with Gasteiger partial charge in [0.25, 0.3) is 0 Å². The lowest BCUT2D eigenvalue weighted by molar-refractivity contribution is -0.122. The van der Waals surface area contributed by atoms with Crippen molar-refractivity contribution in [2.45, 2.75) is 117 Å². The molecule has 0 aromatic carbocycles. The molecule has 0 heterocycles. The van der Waals surface area contributed by atoms with Gasteiger partial charge in [-0.05, 0) is 59.7 Å². The van der Waals surface area contributed by atoms with Gasteiger partial charge in [-0.15, -0.1) is 0 Å². The number of thioether (sulfide) groups is 1. The van der Waals surface area contributed by atoms with Crippen molar-refractivity contribution in [1.29, 1.82) is 0 Å². The fourth-order valence-electron chi connectivity index (χ4n) is 2.66. The molecule has 0 bridgehead atoms. The normalized spacial score (nSPS) is 12.7. The van der Waals surface area contributed by atoms with Crippen molar-refractivity contribution in [3.63, 3.8) is 0 Å². The molecule has 7 nitrogen and oxygen atoms in total. The molecule has 0 radical (unpaired) electrons. The van der Waals surface area contributed by atoms with Gasteiger partial charge in [-0.2, -0.15) is 0 Å². The monoisotopic (exact) mass is 460 g/mol. The van der Waals surface area contributed by atoms with Crippen molar-refractivity contribution in [3.05, 3.63) is 0 Å². The van der Waals surface area contributed by atoms with Gasteiger partial charge in [-0.3, -0.25) is 4.79 Å². The number of nitrogens with one attached hydrogen (secondary N) is 2. The molecule has 0 aromatic heterocycles. The summed E-state index contributed by atoms with van der Waals surface area (Å²) in [6, 6.07) is -0.888. The first-order valence-corrected chi connectivity index (χ1v) is 12.5. The Kier molecular flexibility index (Phi) is 14.7. The first-order chi connectivity index (χ1) is 14.3. The third-order valence-electron chi connectivity index (χ3n) is 4.09. The predicted octanol–water partition coefficient (Wildman–Crippen LogP) is 5.80. The van der Waals surface area contributed by atoms with E-state index in [0.717, 1.165) is 31.0 Å². The number of unbranched alkanes of at least 4 members (excludes halogenated alkanes) is 7. The van der Waals surface area contributed by atoms with Crippen LogP contribution < -0.4 is 10.6 Å². The molecule has 1 atom stereocenters. The molecule has 0 spiro atoms. The van der Waals surface area contributed by atoms with Gasteiger partial charge in [0.2, 0.25) is 5.91 Å². The summed E-state index contributed by atoms with van der Waals surface area (Å²) in [5, 5.41) is 4.94. The number of hydrogen-bond donors (Lipinski definition) is 2. The second-order valence-electron chi connectivity index (χ2n) is 9.74. The molecule has 2 amide bonds. The van der Waals surface area contributed by atoms with Crippen LogP contribution >= 0.6 is 11.8 Å². The van der Waals surface area contributed by atoms with Crippen LogP contribution in [0.1, 0.15) is 99.8 Å². The van der Waals surface area contributed by atoms with E-state index in [2.05, 4.69) is 17.6 Å². The molecule has 0 aliphatic carbocycles. The maximum atomic E-state index is 12.6. The van der Waals surface area contributed by atoms with Crippen molar-refractivity contribution >= 4 is 29.1 Å². The molecule has 182 valence electrons. The van der Waals surface area contributed by atoms with E-state index in [-0.39, 0.29) is 11.7 Å². The van der Waals surface area contributed by atoms with Crippen LogP contribution in [-0.2, 0) is 14.3 Å². The van der Waals surface area contributed by atoms with Gasteiger partial charge in [-0.1, -0.05) is 51.9 Å². The highest BCUT2D eigenvalue weighted by Crippen LogP contribution is 2.16. The van der Waals surface area contributed by atoms with Gasteiger partial charge in [-0.25, -0.2) is 9.59 Å². The van der Waals surface area contributed by atoms with Crippen LogP contribution in [0.4, 0.5) is 9.59 Å². The molecule has 2 N–H and O–H groups in total. The average molecular weight is 461 g/mol. The Labute approximate surface area is 193 Å². The second-order valence-corrected chi connectivity index (χ2v) is 10.7. The van der Waals surface area contributed by atoms with Gasteiger partial charge in [0.1, 0.15) is 17.2 Å². The van der Waals surface area contributed by atoms with Gasteiger partial charge in [0, 0.05) is 12.3 Å². The van der Waals surface area contributed by atoms with E-state index in [1.807, 2.05) is 0 Å². The molecule has 8 heteroatoms. The first-order valence-electron chi connectivity index (χ1n) is 11.5. The zero-order valence-electron chi connectivity index (χ0n) is 20.6. The van der Waals surface area contributed by atoms with Crippen molar-refractivity contribution in [2.24, 2.45) is 0 Å². The number of rotatable bonds is 13. The summed E-state index contributed by atoms with van der Waals surface area (Å²) in [6.07, 6.45) is 8.74. The number of amides is 2. The Hall–Kier alpha value is -1.44. The highest BCUT2D eigenvalue weighted by molar-refractivity contribution is 8.13. The molecule has 0 saturated carbocycles. The highest BCUT2D eigenvalue weighted by atomic mass is 32.2. The fourth-order valence-corrected chi connectivity index (χ4v) is 3.50. The van der Waals surface area contributed by atoms with Crippen LogP contribution in [0, 0.1) is 0 Å². The van der Waals surface area contributed by atoms with Crippen molar-refractivity contribution in [1.82, 2.24) is 10.6 Å². The van der Waals surface area contributed by atoms with Crippen molar-refractivity contribution < 1.29 is 23.9 Å². The largest absolute Gasteiger partial charge is 0.452 e. The van der Waals surface area contributed by atoms with Crippen molar-refractivity contribution in [2.75, 3.05) is 12.3 Å². The van der Waals surface area contributed by atoms with Crippen LogP contribution in [0.3, 0.4) is 0 Å². The van der Waals surface area contributed by atoms with Crippen LogP contribution in [0.15, 0.2) is 0 Å². The molecule has 0 fully saturated rings. The molecule has 0 aliphatic heterocycles.